The lowest BCUT2D eigenvalue weighted by atomic mass is 9.85. The highest BCUT2D eigenvalue weighted by Gasteiger charge is 2.66. The first-order valence-electron chi connectivity index (χ1n) is 21.4. The van der Waals surface area contributed by atoms with Crippen LogP contribution in [0.3, 0.4) is 0 Å². The van der Waals surface area contributed by atoms with Crippen molar-refractivity contribution in [3.05, 3.63) is 77.7 Å². The Kier molecular flexibility index (Phi) is 13.1. The molecular formula is C46H59N6O8PS. The van der Waals surface area contributed by atoms with Crippen molar-refractivity contribution in [3.63, 3.8) is 0 Å². The van der Waals surface area contributed by atoms with E-state index in [1.807, 2.05) is 95.5 Å². The molecule has 14 nitrogen and oxygen atoms in total. The molecule has 0 bridgehead atoms. The van der Waals surface area contributed by atoms with Gasteiger partial charge in [-0.3, -0.25) is 14.2 Å². The fourth-order valence-electron chi connectivity index (χ4n) is 8.56. The third kappa shape index (κ3) is 9.65. The molecule has 4 N–H and O–H groups in total. The number of hydrogen-bond donors (Lipinski definition) is 4. The van der Waals surface area contributed by atoms with Gasteiger partial charge in [0.1, 0.15) is 46.8 Å². The lowest BCUT2D eigenvalue weighted by molar-refractivity contribution is -0.142. The number of aryl methyl sites for hydroxylation is 1. The third-order valence-corrected chi connectivity index (χ3v) is 15.5. The number of fused-ring (bicyclic) bond motifs is 1. The monoisotopic (exact) mass is 886 g/mol. The molecule has 0 radical (unpaired) electrons. The minimum atomic E-state index is -4.11. The molecular weight excluding hydrogens is 828 g/mol. The highest BCUT2D eigenvalue weighted by Crippen LogP contribution is 2.71. The first-order chi connectivity index (χ1) is 29.4. The van der Waals surface area contributed by atoms with Crippen LogP contribution >= 0.6 is 18.7 Å². The van der Waals surface area contributed by atoms with Crippen LogP contribution in [0.25, 0.3) is 22.3 Å². The van der Waals surface area contributed by atoms with Crippen LogP contribution in [-0.2, 0) is 25.1 Å². The van der Waals surface area contributed by atoms with E-state index in [-0.39, 0.29) is 37.7 Å². The molecule has 1 saturated heterocycles. The minimum Gasteiger partial charge on any atom is -0.497 e. The molecule has 3 fully saturated rings. The average molecular weight is 887 g/mol. The van der Waals surface area contributed by atoms with E-state index in [9.17, 15) is 23.8 Å². The van der Waals surface area contributed by atoms with Gasteiger partial charge in [0.15, 0.2) is 5.13 Å². The predicted octanol–water partition coefficient (Wildman–Crippen LogP) is 8.42. The van der Waals surface area contributed by atoms with Gasteiger partial charge in [-0.25, -0.2) is 14.8 Å². The maximum Gasteiger partial charge on any atom is 0.408 e. The lowest BCUT2D eigenvalue weighted by Crippen LogP contribution is -2.58. The maximum atomic E-state index is 14.9. The van der Waals surface area contributed by atoms with E-state index >= 15 is 0 Å². The molecule has 62 heavy (non-hydrogen) atoms. The molecule has 4 aromatic rings. The molecule has 6 atom stereocenters. The summed E-state index contributed by atoms with van der Waals surface area (Å²) in [7, 11) is -2.53. The van der Waals surface area contributed by atoms with Gasteiger partial charge >= 0.3 is 6.09 Å². The molecule has 1 aliphatic heterocycles. The van der Waals surface area contributed by atoms with Gasteiger partial charge in [0.2, 0.25) is 19.2 Å². The zero-order chi connectivity index (χ0) is 44.6. The highest BCUT2D eigenvalue weighted by atomic mass is 32.1. The molecule has 2 aliphatic carbocycles. The van der Waals surface area contributed by atoms with Crippen LogP contribution in [0.15, 0.2) is 66.6 Å². The van der Waals surface area contributed by atoms with Crippen molar-refractivity contribution in [2.75, 3.05) is 19.0 Å². The van der Waals surface area contributed by atoms with Crippen molar-refractivity contribution >= 4 is 52.6 Å². The molecule has 3 amide bonds. The van der Waals surface area contributed by atoms with E-state index < -0.39 is 60.1 Å². The average Bonchev–Trinajstić information content (AvgIpc) is 3.61. The highest BCUT2D eigenvalue weighted by molar-refractivity contribution is 7.59. The second-order valence-corrected chi connectivity index (χ2v) is 21.6. The number of anilines is 1. The Morgan fingerprint density at radius 1 is 1.08 bits per heavy atom. The standard InChI is InChI=1S/C46H59N6O8PS/c1-9-30-23-46(30,61(56,57)25-29-15-11-10-14-28(29)4)51-41(53)38-21-33(24-52(38)42(54)40(45(5,6)7)50-44(55)60-31-16-12-13-17-31)59-39-22-36(37-26-62-43(49-37)47-27(2)3)48-35-20-32(58-8)18-19-34(35)39/h9-11,14-15,18-20,22,26-27,30-31,33,38,40H,1,12-13,16-17,21,23-25H2,2-8H3,(H,47,49)(H,50,55)(H,51,53)(H,56,57)/t30-,33-,38+,40-,46+/m1/s1. The van der Waals surface area contributed by atoms with Gasteiger partial charge in [0, 0.05) is 41.3 Å². The molecule has 16 heteroatoms. The lowest BCUT2D eigenvalue weighted by Gasteiger charge is -2.36. The molecule has 1 unspecified atom stereocenters. The van der Waals surface area contributed by atoms with Crippen molar-refractivity contribution in [2.45, 2.75) is 122 Å². The van der Waals surface area contributed by atoms with E-state index in [4.69, 9.17) is 24.2 Å². The van der Waals surface area contributed by atoms with E-state index in [0.29, 0.717) is 39.4 Å². The zero-order valence-electron chi connectivity index (χ0n) is 36.6. The molecule has 2 aromatic heterocycles. The Hall–Kier alpha value is -4.98. The maximum absolute atomic E-state index is 14.9. The number of ether oxygens (including phenoxy) is 3. The van der Waals surface area contributed by atoms with Crippen LogP contribution in [0.1, 0.15) is 84.3 Å². The van der Waals surface area contributed by atoms with Gasteiger partial charge in [0.05, 0.1) is 31.0 Å². The first-order valence-corrected chi connectivity index (χ1v) is 24.1. The molecule has 0 spiro atoms. The number of amides is 3. The summed E-state index contributed by atoms with van der Waals surface area (Å²) in [6.07, 6.45) is 3.56. The second-order valence-electron chi connectivity index (χ2n) is 18.2. The number of methoxy groups -OCH3 is 1. The normalized spacial score (nSPS) is 22.8. The number of likely N-dealkylation sites (tertiary alicyclic amines) is 1. The van der Waals surface area contributed by atoms with Gasteiger partial charge < -0.3 is 40.0 Å². The molecule has 332 valence electrons. The van der Waals surface area contributed by atoms with Gasteiger partial charge in [-0.15, -0.1) is 17.9 Å². The summed E-state index contributed by atoms with van der Waals surface area (Å²) in [6, 6.07) is 12.6. The van der Waals surface area contributed by atoms with Gasteiger partial charge in [-0.1, -0.05) is 51.1 Å². The Bertz CT molecular complexity index is 2380. The van der Waals surface area contributed by atoms with E-state index in [0.717, 1.165) is 36.4 Å². The van der Waals surface area contributed by atoms with Crippen LogP contribution in [-0.4, -0.2) is 86.9 Å². The minimum absolute atomic E-state index is 0.0187. The molecule has 3 heterocycles. The summed E-state index contributed by atoms with van der Waals surface area (Å²) in [5.74, 6) is -0.482. The van der Waals surface area contributed by atoms with E-state index in [1.165, 1.54) is 16.2 Å². The van der Waals surface area contributed by atoms with Gasteiger partial charge in [0.25, 0.3) is 0 Å². The fraction of sp³-hybridized carbons (Fsp3) is 0.500. The summed E-state index contributed by atoms with van der Waals surface area (Å²) in [4.78, 5) is 66.0. The number of nitrogens with one attached hydrogen (secondary N) is 3. The van der Waals surface area contributed by atoms with E-state index in [2.05, 4.69) is 22.5 Å². The number of carbonyl (C=O) groups excluding carboxylic acids is 3. The largest absolute Gasteiger partial charge is 0.497 e. The number of aromatic nitrogens is 2. The number of pyridine rings is 1. The van der Waals surface area contributed by atoms with Gasteiger partial charge in [-0.2, -0.15) is 0 Å². The Morgan fingerprint density at radius 3 is 2.48 bits per heavy atom. The number of rotatable bonds is 15. The first kappa shape index (κ1) is 45.1. The molecule has 2 saturated carbocycles. The van der Waals surface area contributed by atoms with Crippen LogP contribution in [0.4, 0.5) is 9.93 Å². The molecule has 7 rings (SSSR count). The number of carbonyl (C=O) groups is 3. The van der Waals surface area contributed by atoms with E-state index in [1.54, 1.807) is 13.2 Å². The second kappa shape index (κ2) is 18.0. The number of alkyl carbamates (subject to hydrolysis) is 1. The molecule has 2 aromatic carbocycles. The number of thiazole rings is 1. The van der Waals surface area contributed by atoms with Crippen molar-refractivity contribution in [1.29, 1.82) is 0 Å². The van der Waals surface area contributed by atoms with Crippen molar-refractivity contribution in [2.24, 2.45) is 11.3 Å². The summed E-state index contributed by atoms with van der Waals surface area (Å²) in [5, 5.41) is 11.0. The number of benzene rings is 2. The zero-order valence-corrected chi connectivity index (χ0v) is 38.3. The summed E-state index contributed by atoms with van der Waals surface area (Å²) < 4.78 is 32.5. The van der Waals surface area contributed by atoms with Crippen molar-refractivity contribution in [3.8, 4) is 22.9 Å². The Morgan fingerprint density at radius 2 is 1.82 bits per heavy atom. The quantitative estimate of drug-likeness (QED) is 0.0665. The Labute approximate surface area is 367 Å². The summed E-state index contributed by atoms with van der Waals surface area (Å²) in [5.41, 5.74) is 2.58. The van der Waals surface area contributed by atoms with Gasteiger partial charge in [-0.05, 0) is 81.5 Å². The molecule has 3 aliphatic rings. The number of nitrogens with zero attached hydrogens (tertiary/aromatic N) is 3. The van der Waals surface area contributed by atoms with Crippen LogP contribution < -0.4 is 25.4 Å². The summed E-state index contributed by atoms with van der Waals surface area (Å²) >= 11 is 1.46. The topological polar surface area (TPSA) is 181 Å². The van der Waals surface area contributed by atoms with Crippen LogP contribution in [0.5, 0.6) is 11.5 Å². The van der Waals surface area contributed by atoms with Crippen molar-refractivity contribution < 1.29 is 38.1 Å². The summed E-state index contributed by atoms with van der Waals surface area (Å²) in [6.45, 7) is 15.4. The van der Waals surface area contributed by atoms with Crippen LogP contribution in [0, 0.1) is 18.3 Å². The number of hydrogen-bond acceptors (Lipinski definition) is 11. The predicted molar refractivity (Wildman–Crippen MR) is 242 cm³/mol. The Balaban J connectivity index is 1.22. The SMILES string of the molecule is C=C[C@@H]1C[C@]1(NC(=O)[C@@H]1C[C@@H](Oc2cc(-c3csc(NC(C)C)n3)nc3cc(OC)ccc23)CN1C(=O)[C@@H](NC(=O)OC1CCCC1)C(C)(C)C)P(=O)(O)Cc1ccccc1C. The van der Waals surface area contributed by atoms with Crippen molar-refractivity contribution in [1.82, 2.24) is 25.5 Å². The van der Waals surface area contributed by atoms with Crippen LogP contribution in [0.2, 0.25) is 0 Å². The smallest absolute Gasteiger partial charge is 0.408 e. The third-order valence-electron chi connectivity index (χ3n) is 12.1. The fourth-order valence-corrected chi connectivity index (χ4v) is 11.9.